The van der Waals surface area contributed by atoms with Gasteiger partial charge in [0.2, 0.25) is 11.8 Å². The van der Waals surface area contributed by atoms with Crippen molar-refractivity contribution >= 4 is 23.6 Å². The predicted octanol–water partition coefficient (Wildman–Crippen LogP) is 2.00. The van der Waals surface area contributed by atoms with Crippen molar-refractivity contribution in [2.45, 2.75) is 38.9 Å². The summed E-state index contributed by atoms with van der Waals surface area (Å²) in [5.41, 5.74) is 0. The lowest BCUT2D eigenvalue weighted by molar-refractivity contribution is -0.163. The Morgan fingerprint density at radius 2 is 2.05 bits per heavy atom. The zero-order valence-electron chi connectivity index (χ0n) is 11.5. The summed E-state index contributed by atoms with van der Waals surface area (Å²) >= 11 is 1.29. The number of carbonyl (C=O) groups excluding carboxylic acids is 2. The van der Waals surface area contributed by atoms with Crippen LogP contribution in [0, 0.1) is 5.92 Å². The van der Waals surface area contributed by atoms with Crippen LogP contribution in [0.4, 0.5) is 13.2 Å². The predicted molar refractivity (Wildman–Crippen MR) is 71.1 cm³/mol. The molecule has 1 aliphatic heterocycles. The molecule has 1 fully saturated rings. The summed E-state index contributed by atoms with van der Waals surface area (Å²) < 4.78 is 36.7. The first-order valence-electron chi connectivity index (χ1n) is 6.42. The van der Waals surface area contributed by atoms with Crippen molar-refractivity contribution in [3.8, 4) is 0 Å². The molecule has 0 spiro atoms. The molecule has 1 unspecified atom stereocenters. The molecular weight excluding hydrogens is 293 g/mol. The van der Waals surface area contributed by atoms with Gasteiger partial charge in [-0.1, -0.05) is 13.8 Å². The van der Waals surface area contributed by atoms with Crippen LogP contribution in [0.25, 0.3) is 0 Å². The number of halogens is 3. The van der Waals surface area contributed by atoms with Crippen LogP contribution in [0.15, 0.2) is 0 Å². The standard InChI is InChI=1S/C12H19F3N2O2S/c1-8(2)3-4-16-11(19)9-6-20-7-17(9)10(18)5-12(13,14)15/h8-9H,3-7H2,1-2H3,(H,16,19). The highest BCUT2D eigenvalue weighted by atomic mass is 32.2. The molecule has 8 heteroatoms. The van der Waals surface area contributed by atoms with Crippen LogP contribution >= 0.6 is 11.8 Å². The van der Waals surface area contributed by atoms with E-state index < -0.39 is 24.5 Å². The molecule has 0 radical (unpaired) electrons. The molecule has 0 aromatic carbocycles. The van der Waals surface area contributed by atoms with Crippen molar-refractivity contribution in [3.63, 3.8) is 0 Å². The Kier molecular flexibility index (Phi) is 6.16. The molecule has 1 aliphatic rings. The summed E-state index contributed by atoms with van der Waals surface area (Å²) in [4.78, 5) is 24.5. The summed E-state index contributed by atoms with van der Waals surface area (Å²) in [6.45, 7) is 4.49. The van der Waals surface area contributed by atoms with Crippen LogP contribution in [-0.4, -0.2) is 47.1 Å². The first kappa shape index (κ1) is 17.1. The molecule has 0 saturated carbocycles. The maximum atomic E-state index is 12.2. The van der Waals surface area contributed by atoms with E-state index >= 15 is 0 Å². The maximum absolute atomic E-state index is 12.2. The second kappa shape index (κ2) is 7.19. The molecule has 1 rings (SSSR count). The van der Waals surface area contributed by atoms with E-state index in [9.17, 15) is 22.8 Å². The van der Waals surface area contributed by atoms with Gasteiger partial charge in [0.15, 0.2) is 0 Å². The Labute approximate surface area is 120 Å². The molecule has 4 nitrogen and oxygen atoms in total. The lowest BCUT2D eigenvalue weighted by atomic mass is 10.1. The van der Waals surface area contributed by atoms with E-state index in [2.05, 4.69) is 5.32 Å². The highest BCUT2D eigenvalue weighted by Crippen LogP contribution is 2.26. The second-order valence-corrected chi connectivity index (χ2v) is 6.14. The fourth-order valence-electron chi connectivity index (χ4n) is 1.78. The highest BCUT2D eigenvalue weighted by molar-refractivity contribution is 7.99. The Balaban J connectivity index is 2.51. The van der Waals surface area contributed by atoms with Gasteiger partial charge in [-0.15, -0.1) is 11.8 Å². The maximum Gasteiger partial charge on any atom is 0.397 e. The molecule has 0 aromatic heterocycles. The summed E-state index contributed by atoms with van der Waals surface area (Å²) in [5.74, 6) is -0.497. The van der Waals surface area contributed by atoms with Crippen LogP contribution in [-0.2, 0) is 9.59 Å². The van der Waals surface area contributed by atoms with Gasteiger partial charge in [-0.05, 0) is 12.3 Å². The highest BCUT2D eigenvalue weighted by Gasteiger charge is 2.39. The summed E-state index contributed by atoms with van der Waals surface area (Å²) in [5, 5.41) is 2.68. The first-order valence-corrected chi connectivity index (χ1v) is 7.58. The van der Waals surface area contributed by atoms with Gasteiger partial charge in [-0.25, -0.2) is 0 Å². The SMILES string of the molecule is CC(C)CCNC(=O)C1CSCN1C(=O)CC(F)(F)F. The minimum atomic E-state index is -4.54. The summed E-state index contributed by atoms with van der Waals surface area (Å²) in [7, 11) is 0. The lowest BCUT2D eigenvalue weighted by Crippen LogP contribution is -2.48. The van der Waals surface area contributed by atoms with Gasteiger partial charge in [0.1, 0.15) is 12.5 Å². The average Bonchev–Trinajstić information content (AvgIpc) is 2.74. The van der Waals surface area contributed by atoms with Crippen molar-refractivity contribution in [2.75, 3.05) is 18.2 Å². The minimum Gasteiger partial charge on any atom is -0.354 e. The van der Waals surface area contributed by atoms with Crippen LogP contribution < -0.4 is 5.32 Å². The number of amides is 2. The van der Waals surface area contributed by atoms with Gasteiger partial charge < -0.3 is 10.2 Å². The second-order valence-electron chi connectivity index (χ2n) is 5.14. The van der Waals surface area contributed by atoms with E-state index in [1.165, 1.54) is 11.8 Å². The third-order valence-electron chi connectivity index (χ3n) is 2.88. The fraction of sp³-hybridized carbons (Fsp3) is 0.833. The van der Waals surface area contributed by atoms with Crippen LogP contribution in [0.2, 0.25) is 0 Å². The number of rotatable bonds is 5. The van der Waals surface area contributed by atoms with Gasteiger partial charge in [0, 0.05) is 12.3 Å². The minimum absolute atomic E-state index is 0.136. The third-order valence-corrected chi connectivity index (χ3v) is 3.89. The number of nitrogens with zero attached hydrogens (tertiary/aromatic N) is 1. The zero-order chi connectivity index (χ0) is 15.3. The number of hydrogen-bond donors (Lipinski definition) is 1. The van der Waals surface area contributed by atoms with Gasteiger partial charge in [-0.3, -0.25) is 9.59 Å². The molecule has 20 heavy (non-hydrogen) atoms. The molecule has 0 aromatic rings. The quantitative estimate of drug-likeness (QED) is 0.845. The molecule has 1 N–H and O–H groups in total. The molecule has 2 amide bonds. The number of alkyl halides is 3. The zero-order valence-corrected chi connectivity index (χ0v) is 12.3. The van der Waals surface area contributed by atoms with E-state index in [-0.39, 0.29) is 11.8 Å². The Morgan fingerprint density at radius 1 is 1.40 bits per heavy atom. The van der Waals surface area contributed by atoms with Gasteiger partial charge in [-0.2, -0.15) is 13.2 Å². The monoisotopic (exact) mass is 312 g/mol. The van der Waals surface area contributed by atoms with E-state index in [1.54, 1.807) is 0 Å². The molecule has 1 atom stereocenters. The molecule has 1 saturated heterocycles. The van der Waals surface area contributed by atoms with Crippen LogP contribution in [0.3, 0.4) is 0 Å². The van der Waals surface area contributed by atoms with Crippen LogP contribution in [0.5, 0.6) is 0 Å². The first-order chi connectivity index (χ1) is 9.20. The average molecular weight is 312 g/mol. The summed E-state index contributed by atoms with van der Waals surface area (Å²) in [6.07, 6.45) is -5.26. The van der Waals surface area contributed by atoms with E-state index in [1.807, 2.05) is 13.8 Å². The normalized spacial score (nSPS) is 19.5. The van der Waals surface area contributed by atoms with E-state index in [4.69, 9.17) is 0 Å². The molecule has 116 valence electrons. The lowest BCUT2D eigenvalue weighted by Gasteiger charge is -2.23. The van der Waals surface area contributed by atoms with E-state index in [0.717, 1.165) is 11.3 Å². The van der Waals surface area contributed by atoms with E-state index in [0.29, 0.717) is 18.2 Å². The molecule has 0 bridgehead atoms. The Bertz CT molecular complexity index is 361. The van der Waals surface area contributed by atoms with Crippen molar-refractivity contribution in [2.24, 2.45) is 5.92 Å². The van der Waals surface area contributed by atoms with Gasteiger partial charge >= 0.3 is 6.18 Å². The number of thioether (sulfide) groups is 1. The van der Waals surface area contributed by atoms with Crippen LogP contribution in [0.1, 0.15) is 26.7 Å². The smallest absolute Gasteiger partial charge is 0.354 e. The van der Waals surface area contributed by atoms with Gasteiger partial charge in [0.25, 0.3) is 0 Å². The third kappa shape index (κ3) is 5.60. The number of hydrogen-bond acceptors (Lipinski definition) is 3. The Morgan fingerprint density at radius 3 is 2.60 bits per heavy atom. The number of nitrogens with one attached hydrogen (secondary N) is 1. The topological polar surface area (TPSA) is 49.4 Å². The van der Waals surface area contributed by atoms with Crippen molar-refractivity contribution < 1.29 is 22.8 Å². The number of carbonyl (C=O) groups is 2. The fourth-order valence-corrected chi connectivity index (χ4v) is 2.96. The summed E-state index contributed by atoms with van der Waals surface area (Å²) in [6, 6.07) is -0.790. The van der Waals surface area contributed by atoms with Gasteiger partial charge in [0.05, 0.1) is 5.88 Å². The molecule has 0 aliphatic carbocycles. The molecular formula is C12H19F3N2O2S. The largest absolute Gasteiger partial charge is 0.397 e. The molecule has 1 heterocycles. The van der Waals surface area contributed by atoms with Crippen molar-refractivity contribution in [1.82, 2.24) is 10.2 Å². The van der Waals surface area contributed by atoms with Crippen molar-refractivity contribution in [3.05, 3.63) is 0 Å². The van der Waals surface area contributed by atoms with Crippen molar-refractivity contribution in [1.29, 1.82) is 0 Å². The Hall–Kier alpha value is -0.920.